The fraction of sp³-hybridized carbons (Fsp3) is 0.100. The number of hydrogen-bond acceptors (Lipinski definition) is 6. The zero-order valence-corrected chi connectivity index (χ0v) is 16.7. The van der Waals surface area contributed by atoms with Crippen molar-refractivity contribution in [2.75, 3.05) is 17.3 Å². The van der Waals surface area contributed by atoms with Gasteiger partial charge in [0.25, 0.3) is 5.91 Å². The molecule has 1 N–H and O–H groups in total. The molecule has 2 amide bonds. The fourth-order valence-electron chi connectivity index (χ4n) is 2.57. The number of nitrogens with one attached hydrogen (secondary N) is 1. The molecule has 3 rings (SSSR count). The highest BCUT2D eigenvalue weighted by atomic mass is 32.2. The van der Waals surface area contributed by atoms with Crippen LogP contribution in [0, 0.1) is 0 Å². The molecule has 0 atom stereocenters. The minimum atomic E-state index is -0.416. The second kappa shape index (κ2) is 8.37. The number of anilines is 2. The van der Waals surface area contributed by atoms with Crippen LogP contribution in [0.3, 0.4) is 0 Å². The number of thiocarbonyl (C=S) groups is 1. The smallest absolute Gasteiger partial charge is 0.337 e. The van der Waals surface area contributed by atoms with Crippen molar-refractivity contribution in [1.29, 1.82) is 0 Å². The Bertz CT molecular complexity index is 982. The molecule has 1 heterocycles. The monoisotopic (exact) mass is 412 g/mol. The van der Waals surface area contributed by atoms with Crippen LogP contribution in [0.25, 0.3) is 6.08 Å². The summed E-state index contributed by atoms with van der Waals surface area (Å²) in [5, 5.41) is 2.68. The van der Waals surface area contributed by atoms with Gasteiger partial charge in [0, 0.05) is 12.6 Å². The van der Waals surface area contributed by atoms with Crippen LogP contribution in [0.5, 0.6) is 0 Å². The molecular formula is C20H16N2O4S2. The van der Waals surface area contributed by atoms with Crippen LogP contribution in [-0.4, -0.2) is 29.2 Å². The second-order valence-corrected chi connectivity index (χ2v) is 7.53. The highest BCUT2D eigenvalue weighted by Gasteiger charge is 2.33. The predicted octanol–water partition coefficient (Wildman–Crippen LogP) is 3.84. The second-order valence-electron chi connectivity index (χ2n) is 5.86. The van der Waals surface area contributed by atoms with Crippen LogP contribution in [0.2, 0.25) is 0 Å². The van der Waals surface area contributed by atoms with Crippen molar-refractivity contribution in [3.8, 4) is 0 Å². The Morgan fingerprint density at radius 3 is 2.32 bits per heavy atom. The summed E-state index contributed by atoms with van der Waals surface area (Å²) in [4.78, 5) is 37.4. The minimum absolute atomic E-state index is 0.167. The number of thioether (sulfide) groups is 1. The summed E-state index contributed by atoms with van der Waals surface area (Å²) in [6, 6.07) is 13.6. The average Bonchev–Trinajstić information content (AvgIpc) is 2.95. The molecule has 8 heteroatoms. The Balaban J connectivity index is 1.80. The maximum Gasteiger partial charge on any atom is 0.337 e. The topological polar surface area (TPSA) is 75.7 Å². The van der Waals surface area contributed by atoms with E-state index in [0.717, 1.165) is 5.56 Å². The number of nitrogens with zero attached hydrogens (tertiary/aromatic N) is 1. The quantitative estimate of drug-likeness (QED) is 0.467. The fourth-order valence-corrected chi connectivity index (χ4v) is 3.87. The lowest BCUT2D eigenvalue weighted by Crippen LogP contribution is -2.27. The van der Waals surface area contributed by atoms with Gasteiger partial charge in [0.05, 0.1) is 23.3 Å². The number of ether oxygens (including phenoxy) is 1. The first-order valence-corrected chi connectivity index (χ1v) is 9.45. The van der Waals surface area contributed by atoms with Gasteiger partial charge >= 0.3 is 5.97 Å². The molecule has 0 aliphatic carbocycles. The van der Waals surface area contributed by atoms with E-state index in [4.69, 9.17) is 12.2 Å². The molecule has 0 radical (unpaired) electrons. The standard InChI is InChI=1S/C20H16N2O4S2/c1-12(23)21-15-7-9-16(10-8-15)22-18(24)17(28-20(22)27)11-13-3-5-14(6-4-13)19(25)26-2/h3-11H,1-2H3,(H,21,23)/b17-11-. The molecule has 0 unspecified atom stereocenters. The van der Waals surface area contributed by atoms with E-state index in [-0.39, 0.29) is 11.8 Å². The molecule has 28 heavy (non-hydrogen) atoms. The normalized spacial score (nSPS) is 15.1. The Hall–Kier alpha value is -2.97. The van der Waals surface area contributed by atoms with Gasteiger partial charge in [-0.25, -0.2) is 4.79 Å². The first-order valence-electron chi connectivity index (χ1n) is 8.23. The van der Waals surface area contributed by atoms with E-state index in [1.807, 2.05) is 0 Å². The van der Waals surface area contributed by atoms with Gasteiger partial charge in [-0.15, -0.1) is 0 Å². The lowest BCUT2D eigenvalue weighted by molar-refractivity contribution is -0.114. The van der Waals surface area contributed by atoms with Gasteiger partial charge in [0.1, 0.15) is 0 Å². The molecule has 2 aromatic rings. The maximum absolute atomic E-state index is 12.8. The van der Waals surface area contributed by atoms with Crippen molar-refractivity contribution >= 4 is 63.5 Å². The molecule has 1 aliphatic heterocycles. The Kier molecular flexibility index (Phi) is 5.91. The molecule has 0 saturated carbocycles. The first kappa shape index (κ1) is 19.8. The Morgan fingerprint density at radius 2 is 1.75 bits per heavy atom. The van der Waals surface area contributed by atoms with Crippen LogP contribution < -0.4 is 10.2 Å². The number of carbonyl (C=O) groups is 3. The number of methoxy groups -OCH3 is 1. The molecule has 1 fully saturated rings. The number of benzene rings is 2. The van der Waals surface area contributed by atoms with Crippen molar-refractivity contribution in [2.45, 2.75) is 6.92 Å². The van der Waals surface area contributed by atoms with Crippen molar-refractivity contribution in [1.82, 2.24) is 0 Å². The van der Waals surface area contributed by atoms with E-state index >= 15 is 0 Å². The third-order valence-corrected chi connectivity index (χ3v) is 5.17. The summed E-state index contributed by atoms with van der Waals surface area (Å²) in [7, 11) is 1.32. The SMILES string of the molecule is COC(=O)c1ccc(/C=C2\SC(=S)N(c3ccc(NC(C)=O)cc3)C2=O)cc1. The van der Waals surface area contributed by atoms with E-state index in [1.54, 1.807) is 54.6 Å². The summed E-state index contributed by atoms with van der Waals surface area (Å²) < 4.78 is 5.10. The number of rotatable bonds is 4. The summed E-state index contributed by atoms with van der Waals surface area (Å²) in [5.41, 5.74) is 2.48. The lowest BCUT2D eigenvalue weighted by Gasteiger charge is -2.15. The van der Waals surface area contributed by atoms with Crippen molar-refractivity contribution in [3.05, 3.63) is 64.6 Å². The Labute approximate surface area is 171 Å². The maximum atomic E-state index is 12.8. The predicted molar refractivity (Wildman–Crippen MR) is 114 cm³/mol. The zero-order chi connectivity index (χ0) is 20.3. The van der Waals surface area contributed by atoms with Crippen molar-refractivity contribution in [3.63, 3.8) is 0 Å². The van der Waals surface area contributed by atoms with Crippen LogP contribution in [0.15, 0.2) is 53.4 Å². The number of carbonyl (C=O) groups excluding carboxylic acids is 3. The van der Waals surface area contributed by atoms with Gasteiger partial charge in [-0.3, -0.25) is 14.5 Å². The van der Waals surface area contributed by atoms with E-state index < -0.39 is 5.97 Å². The third kappa shape index (κ3) is 4.29. The van der Waals surface area contributed by atoms with Gasteiger partial charge in [0.2, 0.25) is 5.91 Å². The molecule has 1 aliphatic rings. The highest BCUT2D eigenvalue weighted by Crippen LogP contribution is 2.36. The van der Waals surface area contributed by atoms with Crippen LogP contribution in [-0.2, 0) is 14.3 Å². The molecule has 0 spiro atoms. The van der Waals surface area contributed by atoms with Gasteiger partial charge in [0.15, 0.2) is 4.32 Å². The van der Waals surface area contributed by atoms with Crippen LogP contribution >= 0.6 is 24.0 Å². The third-order valence-electron chi connectivity index (χ3n) is 3.87. The van der Waals surface area contributed by atoms with Gasteiger partial charge < -0.3 is 10.1 Å². The minimum Gasteiger partial charge on any atom is -0.465 e. The summed E-state index contributed by atoms with van der Waals surface area (Å²) in [6.07, 6.45) is 1.73. The first-order chi connectivity index (χ1) is 13.4. The van der Waals surface area contributed by atoms with E-state index in [9.17, 15) is 14.4 Å². The van der Waals surface area contributed by atoms with Crippen molar-refractivity contribution in [2.24, 2.45) is 0 Å². The zero-order valence-electron chi connectivity index (χ0n) is 15.1. The summed E-state index contributed by atoms with van der Waals surface area (Å²) >= 11 is 6.57. The van der Waals surface area contributed by atoms with Crippen LogP contribution in [0.4, 0.5) is 11.4 Å². The number of esters is 1. The van der Waals surface area contributed by atoms with E-state index in [2.05, 4.69) is 10.1 Å². The largest absolute Gasteiger partial charge is 0.465 e. The molecule has 142 valence electrons. The Morgan fingerprint density at radius 1 is 1.11 bits per heavy atom. The van der Waals surface area contributed by atoms with E-state index in [0.29, 0.717) is 26.2 Å². The van der Waals surface area contributed by atoms with Gasteiger partial charge in [-0.2, -0.15) is 0 Å². The van der Waals surface area contributed by atoms with E-state index in [1.165, 1.54) is 30.7 Å². The molecule has 6 nitrogen and oxygen atoms in total. The number of amides is 2. The molecule has 0 bridgehead atoms. The highest BCUT2D eigenvalue weighted by molar-refractivity contribution is 8.27. The number of hydrogen-bond donors (Lipinski definition) is 1. The molecular weight excluding hydrogens is 396 g/mol. The molecule has 1 saturated heterocycles. The summed E-state index contributed by atoms with van der Waals surface area (Å²) in [5.74, 6) is -0.806. The van der Waals surface area contributed by atoms with Crippen molar-refractivity contribution < 1.29 is 19.1 Å². The lowest BCUT2D eigenvalue weighted by atomic mass is 10.1. The van der Waals surface area contributed by atoms with Gasteiger partial charge in [-0.1, -0.05) is 36.1 Å². The average molecular weight is 412 g/mol. The van der Waals surface area contributed by atoms with Crippen LogP contribution in [0.1, 0.15) is 22.8 Å². The molecule has 0 aromatic heterocycles. The summed E-state index contributed by atoms with van der Waals surface area (Å²) in [6.45, 7) is 1.43. The van der Waals surface area contributed by atoms with Gasteiger partial charge in [-0.05, 0) is 48.0 Å². The molecule has 2 aromatic carbocycles.